The predicted molar refractivity (Wildman–Crippen MR) is 98.5 cm³/mol. The van der Waals surface area contributed by atoms with Gasteiger partial charge in [0.15, 0.2) is 6.29 Å². The fourth-order valence-corrected chi connectivity index (χ4v) is 8.65. The van der Waals surface area contributed by atoms with E-state index >= 15 is 0 Å². The zero-order chi connectivity index (χ0) is 20.1. The lowest BCUT2D eigenvalue weighted by molar-refractivity contribution is -0.267. The van der Waals surface area contributed by atoms with Crippen LogP contribution in [0.4, 0.5) is 0 Å². The first-order valence-electron chi connectivity index (χ1n) is 10.8. The van der Waals surface area contributed by atoms with E-state index in [1.165, 1.54) is 6.92 Å². The van der Waals surface area contributed by atoms with E-state index in [-0.39, 0.29) is 52.5 Å². The van der Waals surface area contributed by atoms with Crippen molar-refractivity contribution in [1.29, 1.82) is 0 Å². The largest absolute Gasteiger partial charge is 0.462 e. The summed E-state index contributed by atoms with van der Waals surface area (Å²) in [5.74, 6) is -0.372. The molecular weight excluding hydrogens is 360 g/mol. The highest BCUT2D eigenvalue weighted by atomic mass is 16.8. The van der Waals surface area contributed by atoms with Gasteiger partial charge in [-0.2, -0.15) is 0 Å². The average Bonchev–Trinajstić information content (AvgIpc) is 3.02. The van der Waals surface area contributed by atoms with E-state index in [9.17, 15) is 14.7 Å². The molecule has 156 valence electrons. The number of aliphatic hydroxyl groups excluding tert-OH is 1. The number of ether oxygens (including phenoxy) is 3. The van der Waals surface area contributed by atoms with Crippen LogP contribution in [-0.2, 0) is 23.8 Å². The number of esters is 2. The Labute approximate surface area is 166 Å². The van der Waals surface area contributed by atoms with E-state index in [1.807, 2.05) is 0 Å². The van der Waals surface area contributed by atoms with Gasteiger partial charge in [0.1, 0.15) is 6.10 Å². The minimum absolute atomic E-state index is 0.0530. The summed E-state index contributed by atoms with van der Waals surface area (Å²) in [6.45, 7) is 8.38. The molecule has 5 fully saturated rings. The zero-order valence-electron chi connectivity index (χ0n) is 17.3. The van der Waals surface area contributed by atoms with E-state index < -0.39 is 18.0 Å². The van der Waals surface area contributed by atoms with Crippen LogP contribution in [0, 0.1) is 39.9 Å². The number of hydrogen-bond acceptors (Lipinski definition) is 6. The van der Waals surface area contributed by atoms with Crippen molar-refractivity contribution in [2.75, 3.05) is 0 Å². The van der Waals surface area contributed by atoms with Crippen molar-refractivity contribution in [3.63, 3.8) is 0 Å². The second-order valence-corrected chi connectivity index (χ2v) is 10.8. The smallest absolute Gasteiger partial charge is 0.311 e. The normalized spacial score (nSPS) is 53.6. The maximum atomic E-state index is 12.4. The van der Waals surface area contributed by atoms with Crippen LogP contribution in [-0.4, -0.2) is 35.7 Å². The number of rotatable bonds is 1. The molecule has 3 aliphatic carbocycles. The Bertz CT molecular complexity index is 718. The van der Waals surface area contributed by atoms with Crippen molar-refractivity contribution in [1.82, 2.24) is 0 Å². The van der Waals surface area contributed by atoms with E-state index in [2.05, 4.69) is 20.8 Å². The van der Waals surface area contributed by atoms with E-state index in [1.54, 1.807) is 0 Å². The van der Waals surface area contributed by atoms with Crippen LogP contribution in [0.2, 0.25) is 0 Å². The maximum absolute atomic E-state index is 12.4. The van der Waals surface area contributed by atoms with Crippen LogP contribution in [0.5, 0.6) is 0 Å². The van der Waals surface area contributed by atoms with Gasteiger partial charge in [-0.15, -0.1) is 0 Å². The molecule has 28 heavy (non-hydrogen) atoms. The highest BCUT2D eigenvalue weighted by Gasteiger charge is 2.76. The minimum Gasteiger partial charge on any atom is -0.462 e. The van der Waals surface area contributed by atoms with Crippen LogP contribution in [0.1, 0.15) is 66.2 Å². The van der Waals surface area contributed by atoms with E-state index in [0.29, 0.717) is 6.42 Å². The highest BCUT2D eigenvalue weighted by molar-refractivity contribution is 5.75. The van der Waals surface area contributed by atoms with Gasteiger partial charge in [-0.3, -0.25) is 9.59 Å². The molecule has 0 bridgehead atoms. The van der Waals surface area contributed by atoms with Gasteiger partial charge in [0, 0.05) is 24.2 Å². The molecule has 2 saturated heterocycles. The van der Waals surface area contributed by atoms with Crippen molar-refractivity contribution in [3.05, 3.63) is 0 Å². The van der Waals surface area contributed by atoms with Gasteiger partial charge >= 0.3 is 11.9 Å². The quantitative estimate of drug-likeness (QED) is 0.691. The van der Waals surface area contributed by atoms with E-state index in [0.717, 1.165) is 32.1 Å². The maximum Gasteiger partial charge on any atom is 0.311 e. The Morgan fingerprint density at radius 2 is 1.96 bits per heavy atom. The fraction of sp³-hybridized carbons (Fsp3) is 0.909. The Morgan fingerprint density at radius 1 is 1.21 bits per heavy atom. The fourth-order valence-electron chi connectivity index (χ4n) is 8.65. The molecule has 0 radical (unpaired) electrons. The summed E-state index contributed by atoms with van der Waals surface area (Å²) in [5.41, 5.74) is -0.605. The Kier molecular flexibility index (Phi) is 3.85. The van der Waals surface area contributed by atoms with Crippen molar-refractivity contribution in [2.45, 2.75) is 84.9 Å². The molecule has 2 heterocycles. The Hall–Kier alpha value is -1.14. The Balaban J connectivity index is 1.66. The average molecular weight is 392 g/mol. The summed E-state index contributed by atoms with van der Waals surface area (Å²) in [6, 6.07) is 0. The summed E-state index contributed by atoms with van der Waals surface area (Å²) < 4.78 is 17.3. The van der Waals surface area contributed by atoms with Gasteiger partial charge in [-0.05, 0) is 48.9 Å². The lowest BCUT2D eigenvalue weighted by atomic mass is 9.38. The molecule has 6 heteroatoms. The molecule has 6 nitrogen and oxygen atoms in total. The summed E-state index contributed by atoms with van der Waals surface area (Å²) in [5, 5.41) is 11.2. The van der Waals surface area contributed by atoms with Crippen molar-refractivity contribution < 1.29 is 28.9 Å². The van der Waals surface area contributed by atoms with Gasteiger partial charge in [0.05, 0.1) is 5.92 Å². The van der Waals surface area contributed by atoms with Gasteiger partial charge < -0.3 is 19.3 Å². The number of hydrogen-bond donors (Lipinski definition) is 1. The molecule has 0 unspecified atom stereocenters. The van der Waals surface area contributed by atoms with Gasteiger partial charge in [0.2, 0.25) is 6.29 Å². The standard InChI is InChI=1S/C22H32O6/c1-11(23)26-13-10-22-14(21(4)9-5-8-20(2,3)16(13)21)7-6-12-15(22)18(27-17(12)24)28-19(22)25/h12-16,18-19,25H,5-10H2,1-4H3/t12-,13+,14-,15+,16+,18+,19-,21-,22+/m1/s1. The molecule has 1 N–H and O–H groups in total. The minimum atomic E-state index is -0.982. The predicted octanol–water partition coefficient (Wildman–Crippen LogP) is 3.01. The molecular formula is C22H32O6. The van der Waals surface area contributed by atoms with Crippen LogP contribution < -0.4 is 0 Å². The van der Waals surface area contributed by atoms with Crippen LogP contribution in [0.3, 0.4) is 0 Å². The number of fused-ring (bicyclic) bond motifs is 2. The summed E-state index contributed by atoms with van der Waals surface area (Å²) in [6.07, 6.45) is 3.60. The molecule has 1 spiro atoms. The summed E-state index contributed by atoms with van der Waals surface area (Å²) in [4.78, 5) is 24.5. The van der Waals surface area contributed by atoms with Crippen molar-refractivity contribution in [3.8, 4) is 0 Å². The van der Waals surface area contributed by atoms with Crippen molar-refractivity contribution in [2.24, 2.45) is 39.9 Å². The highest BCUT2D eigenvalue weighted by Crippen LogP contribution is 2.73. The van der Waals surface area contributed by atoms with E-state index in [4.69, 9.17) is 14.2 Å². The molecule has 5 rings (SSSR count). The zero-order valence-corrected chi connectivity index (χ0v) is 17.3. The van der Waals surface area contributed by atoms with Crippen LogP contribution in [0.25, 0.3) is 0 Å². The lowest BCUT2D eigenvalue weighted by Gasteiger charge is -2.66. The third-order valence-corrected chi connectivity index (χ3v) is 9.15. The first-order valence-corrected chi connectivity index (χ1v) is 10.8. The molecule has 2 aliphatic heterocycles. The number of aliphatic hydroxyl groups is 1. The van der Waals surface area contributed by atoms with Gasteiger partial charge in [0.25, 0.3) is 0 Å². The third-order valence-electron chi connectivity index (χ3n) is 9.15. The first kappa shape index (κ1) is 18.9. The number of carbonyl (C=O) groups is 2. The van der Waals surface area contributed by atoms with Crippen LogP contribution >= 0.6 is 0 Å². The van der Waals surface area contributed by atoms with Crippen molar-refractivity contribution >= 4 is 11.9 Å². The Morgan fingerprint density at radius 3 is 2.68 bits per heavy atom. The summed E-state index contributed by atoms with van der Waals surface area (Å²) in [7, 11) is 0. The second-order valence-electron chi connectivity index (χ2n) is 10.8. The molecule has 0 aromatic carbocycles. The third kappa shape index (κ3) is 2.16. The second kappa shape index (κ2) is 5.72. The summed E-state index contributed by atoms with van der Waals surface area (Å²) >= 11 is 0. The first-order chi connectivity index (χ1) is 13.1. The molecule has 0 aromatic heterocycles. The lowest BCUT2D eigenvalue weighted by Crippen LogP contribution is -2.66. The monoisotopic (exact) mass is 392 g/mol. The molecule has 0 aromatic rings. The SMILES string of the molecule is CC(=O)O[C@H]1C[C@@]23[C@@H]4[C@@H](OC(=O)[C@@H]4CC[C@@H]2[C@@]2(C)CCCC(C)(C)[C@H]12)O[C@H]3O. The molecule has 5 aliphatic rings. The van der Waals surface area contributed by atoms with Gasteiger partial charge in [-0.25, -0.2) is 0 Å². The van der Waals surface area contributed by atoms with Crippen LogP contribution in [0.15, 0.2) is 0 Å². The molecule has 3 saturated carbocycles. The molecule has 0 amide bonds. The molecule has 9 atom stereocenters. The van der Waals surface area contributed by atoms with Gasteiger partial charge in [-0.1, -0.05) is 27.2 Å². The number of carbonyl (C=O) groups excluding carboxylic acids is 2. The topological polar surface area (TPSA) is 82.1 Å².